The molecule has 1 amide bonds. The van der Waals surface area contributed by atoms with E-state index in [0.29, 0.717) is 14.7 Å². The summed E-state index contributed by atoms with van der Waals surface area (Å²) in [7, 11) is 0. The molecule has 0 aliphatic rings. The quantitative estimate of drug-likeness (QED) is 0.433. The molecule has 1 N–H and O–H groups in total. The maximum Gasteiger partial charge on any atom is 0.337 e. The van der Waals surface area contributed by atoms with Crippen molar-refractivity contribution in [1.82, 2.24) is 14.1 Å². The van der Waals surface area contributed by atoms with Gasteiger partial charge in [-0.25, -0.2) is 18.7 Å². The number of nitrogens with one attached hydrogen (secondary N) is 1. The van der Waals surface area contributed by atoms with Crippen LogP contribution < -0.4 is 16.6 Å². The summed E-state index contributed by atoms with van der Waals surface area (Å²) in [6, 6.07) is 12.4. The minimum atomic E-state index is -0.668. The zero-order valence-electron chi connectivity index (χ0n) is 17.3. The van der Waals surface area contributed by atoms with Crippen LogP contribution in [0.3, 0.4) is 0 Å². The van der Waals surface area contributed by atoms with Gasteiger partial charge in [0.05, 0.1) is 5.69 Å². The number of nitrogens with zero attached hydrogens (tertiary/aromatic N) is 3. The Kier molecular flexibility index (Phi) is 6.24. The summed E-state index contributed by atoms with van der Waals surface area (Å²) in [5.41, 5.74) is 0.683. The Labute approximate surface area is 190 Å². The number of carbonyl (C=O) groups excluding carboxylic acids is 1. The van der Waals surface area contributed by atoms with Gasteiger partial charge in [-0.1, -0.05) is 42.4 Å². The Morgan fingerprint density at radius 3 is 2.62 bits per heavy atom. The van der Waals surface area contributed by atoms with Gasteiger partial charge >= 0.3 is 5.69 Å². The highest BCUT2D eigenvalue weighted by Gasteiger charge is 2.20. The summed E-state index contributed by atoms with van der Waals surface area (Å²) in [5, 5.41) is 2.58. The first-order valence-corrected chi connectivity index (χ1v) is 11.6. The number of hydrogen-bond acceptors (Lipinski definition) is 6. The van der Waals surface area contributed by atoms with Gasteiger partial charge < -0.3 is 5.32 Å². The molecule has 2 heterocycles. The second-order valence-electron chi connectivity index (χ2n) is 6.97. The molecule has 2 aromatic heterocycles. The van der Waals surface area contributed by atoms with Crippen LogP contribution in [0.25, 0.3) is 16.0 Å². The maximum absolute atomic E-state index is 13.5. The predicted octanol–water partition coefficient (Wildman–Crippen LogP) is 3.81. The van der Waals surface area contributed by atoms with Crippen LogP contribution in [-0.2, 0) is 11.3 Å². The maximum atomic E-state index is 13.5. The van der Waals surface area contributed by atoms with Crippen molar-refractivity contribution < 1.29 is 9.18 Å². The van der Waals surface area contributed by atoms with Gasteiger partial charge in [-0.3, -0.25) is 14.2 Å². The standard InChI is InChI=1S/C22H19FN4O3S2/c1-3-31-21-25-19-18(32-21)20(29)27(16-9-7-13(2)8-10-16)22(30)26(19)12-17(28)24-15-6-4-5-14(23)11-15/h4-11H,3,12H2,1-2H3,(H,24,28). The first kappa shape index (κ1) is 22.0. The van der Waals surface area contributed by atoms with E-state index >= 15 is 0 Å². The molecule has 0 aliphatic carbocycles. The molecule has 0 spiro atoms. The highest BCUT2D eigenvalue weighted by atomic mass is 32.2. The Morgan fingerprint density at radius 2 is 1.94 bits per heavy atom. The molecule has 4 aromatic rings. The molecule has 0 atom stereocenters. The van der Waals surface area contributed by atoms with Gasteiger partial charge in [0.2, 0.25) is 5.91 Å². The minimum Gasteiger partial charge on any atom is -0.324 e. The number of thiazole rings is 1. The third kappa shape index (κ3) is 4.37. The van der Waals surface area contributed by atoms with E-state index in [2.05, 4.69) is 10.3 Å². The lowest BCUT2D eigenvalue weighted by Crippen LogP contribution is -2.40. The molecular formula is C22H19FN4O3S2. The van der Waals surface area contributed by atoms with E-state index in [9.17, 15) is 18.8 Å². The van der Waals surface area contributed by atoms with Gasteiger partial charge in [-0.15, -0.1) is 11.3 Å². The van der Waals surface area contributed by atoms with Gasteiger partial charge in [0, 0.05) is 5.69 Å². The van der Waals surface area contributed by atoms with E-state index in [4.69, 9.17) is 0 Å². The third-order valence-electron chi connectivity index (χ3n) is 4.63. The van der Waals surface area contributed by atoms with Crippen molar-refractivity contribution in [1.29, 1.82) is 0 Å². The van der Waals surface area contributed by atoms with E-state index in [0.717, 1.165) is 15.9 Å². The summed E-state index contributed by atoms with van der Waals surface area (Å²) in [5.74, 6) is -0.280. The summed E-state index contributed by atoms with van der Waals surface area (Å²) >= 11 is 2.65. The van der Waals surface area contributed by atoms with E-state index in [1.54, 1.807) is 30.3 Å². The molecule has 0 bridgehead atoms. The number of thioether (sulfide) groups is 1. The smallest absolute Gasteiger partial charge is 0.324 e. The van der Waals surface area contributed by atoms with Gasteiger partial charge in [0.25, 0.3) is 5.56 Å². The monoisotopic (exact) mass is 470 g/mol. The first-order valence-electron chi connectivity index (χ1n) is 9.79. The second kappa shape index (κ2) is 9.09. The van der Waals surface area contributed by atoms with Gasteiger partial charge in [0.1, 0.15) is 17.1 Å². The normalized spacial score (nSPS) is 11.1. The minimum absolute atomic E-state index is 0.165. The van der Waals surface area contributed by atoms with Crippen LogP contribution in [0.5, 0.6) is 0 Å². The van der Waals surface area contributed by atoms with Crippen molar-refractivity contribution in [2.45, 2.75) is 24.7 Å². The fraction of sp³-hybridized carbons (Fsp3) is 0.182. The van der Waals surface area contributed by atoms with Crippen LogP contribution in [0, 0.1) is 12.7 Å². The number of rotatable bonds is 6. The second-order valence-corrected chi connectivity index (χ2v) is 9.48. The zero-order valence-corrected chi connectivity index (χ0v) is 18.9. The van der Waals surface area contributed by atoms with E-state index < -0.39 is 23.0 Å². The van der Waals surface area contributed by atoms with Crippen molar-refractivity contribution in [3.8, 4) is 5.69 Å². The zero-order chi connectivity index (χ0) is 22.8. The molecule has 10 heteroatoms. The predicted molar refractivity (Wildman–Crippen MR) is 126 cm³/mol. The van der Waals surface area contributed by atoms with Gasteiger partial charge in [-0.05, 0) is 43.0 Å². The molecule has 2 aromatic carbocycles. The van der Waals surface area contributed by atoms with E-state index in [1.165, 1.54) is 45.9 Å². The van der Waals surface area contributed by atoms with Crippen LogP contribution in [0.15, 0.2) is 62.5 Å². The number of aromatic nitrogens is 3. The van der Waals surface area contributed by atoms with Crippen LogP contribution in [0.1, 0.15) is 12.5 Å². The lowest BCUT2D eigenvalue weighted by Gasteiger charge is -2.12. The number of anilines is 1. The van der Waals surface area contributed by atoms with Gasteiger partial charge in [-0.2, -0.15) is 0 Å². The molecule has 4 rings (SSSR count). The number of amides is 1. The summed E-state index contributed by atoms with van der Waals surface area (Å²) in [4.78, 5) is 43.7. The molecule has 32 heavy (non-hydrogen) atoms. The number of benzene rings is 2. The number of aryl methyl sites for hydroxylation is 1. The Bertz CT molecular complexity index is 1420. The Morgan fingerprint density at radius 1 is 1.19 bits per heavy atom. The highest BCUT2D eigenvalue weighted by molar-refractivity contribution is 8.01. The average Bonchev–Trinajstić information content (AvgIpc) is 3.17. The summed E-state index contributed by atoms with van der Waals surface area (Å²) in [6.45, 7) is 3.49. The molecule has 0 saturated carbocycles. The largest absolute Gasteiger partial charge is 0.337 e. The number of fused-ring (bicyclic) bond motifs is 1. The van der Waals surface area contributed by atoms with Crippen LogP contribution in [0.2, 0.25) is 0 Å². The molecule has 0 saturated heterocycles. The van der Waals surface area contributed by atoms with Crippen LogP contribution >= 0.6 is 23.1 Å². The lowest BCUT2D eigenvalue weighted by atomic mass is 10.2. The van der Waals surface area contributed by atoms with Crippen LogP contribution in [0.4, 0.5) is 10.1 Å². The van der Waals surface area contributed by atoms with Crippen LogP contribution in [-0.4, -0.2) is 25.8 Å². The molecule has 0 radical (unpaired) electrons. The Hall–Kier alpha value is -3.24. The van der Waals surface area contributed by atoms with Crippen molar-refractivity contribution >= 4 is 45.0 Å². The topological polar surface area (TPSA) is 86.0 Å². The average molecular weight is 471 g/mol. The van der Waals surface area contributed by atoms with Crippen molar-refractivity contribution in [2.75, 3.05) is 11.1 Å². The molecule has 164 valence electrons. The first-order chi connectivity index (χ1) is 15.4. The van der Waals surface area contributed by atoms with Crippen molar-refractivity contribution in [2.24, 2.45) is 0 Å². The van der Waals surface area contributed by atoms with E-state index in [-0.39, 0.29) is 17.9 Å². The number of halogens is 1. The SMILES string of the molecule is CCSc1nc2c(s1)c(=O)n(-c1ccc(C)cc1)c(=O)n2CC(=O)Nc1cccc(F)c1. The fourth-order valence-corrected chi connectivity index (χ4v) is 5.14. The Balaban J connectivity index is 1.84. The van der Waals surface area contributed by atoms with E-state index in [1.807, 2.05) is 13.8 Å². The molecule has 0 fully saturated rings. The molecule has 7 nitrogen and oxygen atoms in total. The highest BCUT2D eigenvalue weighted by Crippen LogP contribution is 2.27. The lowest BCUT2D eigenvalue weighted by molar-refractivity contribution is -0.116. The molecule has 0 aliphatic heterocycles. The summed E-state index contributed by atoms with van der Waals surface area (Å²) < 4.78 is 16.6. The summed E-state index contributed by atoms with van der Waals surface area (Å²) in [6.07, 6.45) is 0. The fourth-order valence-electron chi connectivity index (χ4n) is 3.17. The molecular weight excluding hydrogens is 451 g/mol. The van der Waals surface area contributed by atoms with Crippen molar-refractivity contribution in [3.05, 3.63) is 80.7 Å². The van der Waals surface area contributed by atoms with Gasteiger partial charge in [0.15, 0.2) is 9.99 Å². The molecule has 0 unspecified atom stereocenters. The third-order valence-corrected chi connectivity index (χ3v) is 6.69. The number of carbonyl (C=O) groups is 1. The van der Waals surface area contributed by atoms with Crippen molar-refractivity contribution in [3.63, 3.8) is 0 Å². The number of hydrogen-bond donors (Lipinski definition) is 1.